The number of anilines is 1. The zero-order valence-electron chi connectivity index (χ0n) is 11.4. The van der Waals surface area contributed by atoms with Crippen LogP contribution in [0.2, 0.25) is 0 Å². The highest BCUT2D eigenvalue weighted by atomic mass is 16.5. The second-order valence-electron chi connectivity index (χ2n) is 5.80. The van der Waals surface area contributed by atoms with E-state index in [1.165, 1.54) is 5.69 Å². The smallest absolute Gasteiger partial charge is 0.0569 e. The van der Waals surface area contributed by atoms with Gasteiger partial charge in [-0.1, -0.05) is 18.2 Å². The van der Waals surface area contributed by atoms with Crippen LogP contribution in [-0.4, -0.2) is 57.4 Å². The maximum atomic E-state index is 5.89. The largest absolute Gasteiger partial charge is 0.380 e. The third-order valence-corrected chi connectivity index (χ3v) is 4.30. The summed E-state index contributed by atoms with van der Waals surface area (Å²) in [6.07, 6.45) is 0. The zero-order chi connectivity index (χ0) is 13.1. The Labute approximate surface area is 115 Å². The highest BCUT2D eigenvalue weighted by Gasteiger charge is 2.39. The second-order valence-corrected chi connectivity index (χ2v) is 5.80. The van der Waals surface area contributed by atoms with Gasteiger partial charge in [0.15, 0.2) is 0 Å². The molecular formula is C15H23N3O. The van der Waals surface area contributed by atoms with Crippen LogP contribution in [-0.2, 0) is 4.74 Å². The van der Waals surface area contributed by atoms with Crippen molar-refractivity contribution < 1.29 is 4.74 Å². The van der Waals surface area contributed by atoms with Gasteiger partial charge in [0.05, 0.1) is 13.2 Å². The molecule has 4 heteroatoms. The van der Waals surface area contributed by atoms with Crippen molar-refractivity contribution in [1.29, 1.82) is 0 Å². The van der Waals surface area contributed by atoms with E-state index in [0.717, 1.165) is 52.5 Å². The molecule has 0 atom stereocenters. The fraction of sp³-hybridized carbons (Fsp3) is 0.600. The second kappa shape index (κ2) is 5.49. The highest BCUT2D eigenvalue weighted by Crippen LogP contribution is 2.28. The van der Waals surface area contributed by atoms with Gasteiger partial charge in [-0.25, -0.2) is 0 Å². The summed E-state index contributed by atoms with van der Waals surface area (Å²) in [6, 6.07) is 10.7. The van der Waals surface area contributed by atoms with Crippen LogP contribution in [0.15, 0.2) is 30.3 Å². The van der Waals surface area contributed by atoms with Crippen LogP contribution in [0.1, 0.15) is 0 Å². The van der Waals surface area contributed by atoms with Crippen molar-refractivity contribution in [3.05, 3.63) is 30.3 Å². The maximum absolute atomic E-state index is 5.89. The van der Waals surface area contributed by atoms with Crippen LogP contribution < -0.4 is 10.6 Å². The van der Waals surface area contributed by atoms with Crippen molar-refractivity contribution in [2.24, 2.45) is 11.1 Å². The van der Waals surface area contributed by atoms with Crippen LogP contribution in [0.4, 0.5) is 5.69 Å². The molecule has 4 nitrogen and oxygen atoms in total. The van der Waals surface area contributed by atoms with E-state index < -0.39 is 0 Å². The van der Waals surface area contributed by atoms with Gasteiger partial charge in [0.2, 0.25) is 0 Å². The third kappa shape index (κ3) is 2.76. The zero-order valence-corrected chi connectivity index (χ0v) is 11.4. The molecule has 2 fully saturated rings. The van der Waals surface area contributed by atoms with Crippen LogP contribution in [0.25, 0.3) is 0 Å². The van der Waals surface area contributed by atoms with Gasteiger partial charge < -0.3 is 15.4 Å². The molecule has 2 N–H and O–H groups in total. The Kier molecular flexibility index (Phi) is 3.73. The van der Waals surface area contributed by atoms with Gasteiger partial charge in [-0.05, 0) is 12.1 Å². The molecule has 2 saturated heterocycles. The van der Waals surface area contributed by atoms with Crippen molar-refractivity contribution in [3.8, 4) is 0 Å². The van der Waals surface area contributed by atoms with Crippen molar-refractivity contribution in [2.45, 2.75) is 0 Å². The van der Waals surface area contributed by atoms with Crippen LogP contribution in [0, 0.1) is 5.41 Å². The fourth-order valence-electron chi connectivity index (χ4n) is 2.94. The number of rotatable bonds is 4. The minimum atomic E-state index is 0.231. The van der Waals surface area contributed by atoms with Crippen LogP contribution in [0.5, 0.6) is 0 Å². The maximum Gasteiger partial charge on any atom is 0.0569 e. The van der Waals surface area contributed by atoms with E-state index in [9.17, 15) is 0 Å². The average molecular weight is 261 g/mol. The molecule has 1 aromatic rings. The normalized spacial score (nSPS) is 23.1. The summed E-state index contributed by atoms with van der Waals surface area (Å²) < 4.78 is 5.34. The Balaban J connectivity index is 1.52. The first-order chi connectivity index (χ1) is 9.31. The van der Waals surface area contributed by atoms with E-state index in [0.29, 0.717) is 0 Å². The molecule has 0 amide bonds. The van der Waals surface area contributed by atoms with Crippen molar-refractivity contribution in [3.63, 3.8) is 0 Å². The summed E-state index contributed by atoms with van der Waals surface area (Å²) in [5.41, 5.74) is 7.45. The van der Waals surface area contributed by atoms with Gasteiger partial charge in [0.1, 0.15) is 0 Å². The quantitative estimate of drug-likeness (QED) is 0.870. The lowest BCUT2D eigenvalue weighted by Crippen LogP contribution is -2.58. The van der Waals surface area contributed by atoms with Gasteiger partial charge in [0, 0.05) is 50.4 Å². The van der Waals surface area contributed by atoms with Crippen molar-refractivity contribution >= 4 is 5.69 Å². The predicted octanol–water partition coefficient (Wildman–Crippen LogP) is 0.784. The van der Waals surface area contributed by atoms with Crippen molar-refractivity contribution in [2.75, 3.05) is 57.4 Å². The minimum absolute atomic E-state index is 0.231. The molecule has 0 aromatic heterocycles. The molecule has 2 aliphatic rings. The number of ether oxygens (including phenoxy) is 1. The first-order valence-corrected chi connectivity index (χ1v) is 7.12. The number of benzene rings is 1. The average Bonchev–Trinajstić information content (AvgIpc) is 2.45. The molecule has 0 spiro atoms. The van der Waals surface area contributed by atoms with E-state index in [1.54, 1.807) is 0 Å². The molecule has 2 heterocycles. The summed E-state index contributed by atoms with van der Waals surface area (Å²) in [6.45, 7) is 7.95. The number of piperazine rings is 1. The standard InChI is InChI=1S/C15H23N3O/c16-10-15(12-19-13-15)11-17-6-8-18(9-7-17)14-4-2-1-3-5-14/h1-5H,6-13,16H2. The number of hydrogen-bond acceptors (Lipinski definition) is 4. The Hall–Kier alpha value is -1.10. The first-order valence-electron chi connectivity index (χ1n) is 7.12. The highest BCUT2D eigenvalue weighted by molar-refractivity contribution is 5.46. The lowest BCUT2D eigenvalue weighted by Gasteiger charge is -2.46. The lowest BCUT2D eigenvalue weighted by molar-refractivity contribution is -0.120. The van der Waals surface area contributed by atoms with Gasteiger partial charge >= 0.3 is 0 Å². The summed E-state index contributed by atoms with van der Waals surface area (Å²) in [5.74, 6) is 0. The van der Waals surface area contributed by atoms with E-state index in [2.05, 4.69) is 40.1 Å². The molecule has 2 aliphatic heterocycles. The lowest BCUT2D eigenvalue weighted by atomic mass is 9.85. The van der Waals surface area contributed by atoms with Gasteiger partial charge in [-0.2, -0.15) is 0 Å². The SMILES string of the molecule is NCC1(CN2CCN(c3ccccc3)CC2)COC1. The fourth-order valence-corrected chi connectivity index (χ4v) is 2.94. The van der Waals surface area contributed by atoms with Gasteiger partial charge in [0.25, 0.3) is 0 Å². The molecule has 0 aliphatic carbocycles. The monoisotopic (exact) mass is 261 g/mol. The molecule has 3 rings (SSSR count). The summed E-state index contributed by atoms with van der Waals surface area (Å²) in [5, 5.41) is 0. The van der Waals surface area contributed by atoms with Crippen LogP contribution in [0.3, 0.4) is 0 Å². The Morgan fingerprint density at radius 2 is 1.74 bits per heavy atom. The molecule has 104 valence electrons. The Morgan fingerprint density at radius 3 is 2.26 bits per heavy atom. The third-order valence-electron chi connectivity index (χ3n) is 4.30. The van der Waals surface area contributed by atoms with E-state index in [-0.39, 0.29) is 5.41 Å². The van der Waals surface area contributed by atoms with E-state index in [1.807, 2.05) is 0 Å². The molecule has 0 unspecified atom stereocenters. The van der Waals surface area contributed by atoms with Crippen LogP contribution >= 0.6 is 0 Å². The molecular weight excluding hydrogens is 238 g/mol. The number of hydrogen-bond donors (Lipinski definition) is 1. The summed E-state index contributed by atoms with van der Waals surface area (Å²) in [4.78, 5) is 5.00. The topological polar surface area (TPSA) is 41.7 Å². The van der Waals surface area contributed by atoms with Gasteiger partial charge in [-0.3, -0.25) is 4.90 Å². The van der Waals surface area contributed by atoms with E-state index in [4.69, 9.17) is 10.5 Å². The molecule has 0 radical (unpaired) electrons. The van der Waals surface area contributed by atoms with Crippen molar-refractivity contribution in [1.82, 2.24) is 4.90 Å². The Bertz CT molecular complexity index is 392. The number of nitrogens with two attached hydrogens (primary N) is 1. The Morgan fingerprint density at radius 1 is 1.05 bits per heavy atom. The first kappa shape index (κ1) is 12.9. The molecule has 0 bridgehead atoms. The summed E-state index contributed by atoms with van der Waals surface area (Å²) in [7, 11) is 0. The molecule has 1 aromatic carbocycles. The summed E-state index contributed by atoms with van der Waals surface area (Å²) >= 11 is 0. The van der Waals surface area contributed by atoms with E-state index >= 15 is 0 Å². The number of para-hydroxylation sites is 1. The number of nitrogens with zero attached hydrogens (tertiary/aromatic N) is 2. The van der Waals surface area contributed by atoms with Gasteiger partial charge in [-0.15, -0.1) is 0 Å². The predicted molar refractivity (Wildman–Crippen MR) is 77.4 cm³/mol. The molecule has 19 heavy (non-hydrogen) atoms. The minimum Gasteiger partial charge on any atom is -0.380 e. The molecule has 0 saturated carbocycles.